The molecule has 1 saturated heterocycles. The molecule has 0 radical (unpaired) electrons. The summed E-state index contributed by atoms with van der Waals surface area (Å²) in [6.45, 7) is 6.67. The van der Waals surface area contributed by atoms with Gasteiger partial charge < -0.3 is 9.88 Å². The van der Waals surface area contributed by atoms with Crippen molar-refractivity contribution in [1.82, 2.24) is 9.88 Å². The largest absolute Gasteiger partial charge is 0.364 e. The number of nitrogens with zero attached hydrogens (tertiary/aromatic N) is 1. The van der Waals surface area contributed by atoms with Gasteiger partial charge in [-0.1, -0.05) is 6.92 Å². The van der Waals surface area contributed by atoms with Crippen LogP contribution in [0.1, 0.15) is 29.9 Å². The Morgan fingerprint density at radius 2 is 2.22 bits per heavy atom. The SMILES string of the molecule is Cc1cc(=O)c(C(=O)N2CCSC(C)C2C)c[nH]1. The third-order valence-electron chi connectivity index (χ3n) is 3.43. The molecule has 2 atom stereocenters. The number of aromatic amines is 1. The fourth-order valence-corrected chi connectivity index (χ4v) is 3.21. The highest BCUT2D eigenvalue weighted by Gasteiger charge is 2.30. The van der Waals surface area contributed by atoms with E-state index in [1.54, 1.807) is 11.8 Å². The molecule has 0 aliphatic carbocycles. The van der Waals surface area contributed by atoms with Crippen LogP contribution >= 0.6 is 11.8 Å². The standard InChI is InChI=1S/C13H18N2O2S/c1-8-6-12(16)11(7-14-8)13(17)15-4-5-18-10(3)9(15)2/h6-7,9-10H,4-5H2,1-3H3,(H,14,16). The Morgan fingerprint density at radius 3 is 2.89 bits per heavy atom. The van der Waals surface area contributed by atoms with E-state index < -0.39 is 0 Å². The quantitative estimate of drug-likeness (QED) is 0.841. The van der Waals surface area contributed by atoms with Gasteiger partial charge in [-0.05, 0) is 13.8 Å². The van der Waals surface area contributed by atoms with Crippen molar-refractivity contribution in [2.75, 3.05) is 12.3 Å². The van der Waals surface area contributed by atoms with Crippen LogP contribution in [0.25, 0.3) is 0 Å². The normalized spacial score (nSPS) is 24.1. The molecule has 1 amide bonds. The van der Waals surface area contributed by atoms with Gasteiger partial charge in [-0.15, -0.1) is 0 Å². The number of amides is 1. The second kappa shape index (κ2) is 5.18. The summed E-state index contributed by atoms with van der Waals surface area (Å²) in [5, 5.41) is 0.409. The van der Waals surface area contributed by atoms with E-state index in [1.165, 1.54) is 12.3 Å². The summed E-state index contributed by atoms with van der Waals surface area (Å²) in [7, 11) is 0. The number of aromatic nitrogens is 1. The molecule has 2 rings (SSSR count). The molecular formula is C13H18N2O2S. The number of pyridine rings is 1. The number of hydrogen-bond donors (Lipinski definition) is 1. The van der Waals surface area contributed by atoms with Gasteiger partial charge in [-0.3, -0.25) is 9.59 Å². The molecule has 0 spiro atoms. The van der Waals surface area contributed by atoms with Crippen LogP contribution in [0, 0.1) is 6.92 Å². The predicted octanol–water partition coefficient (Wildman–Crippen LogP) is 1.65. The zero-order valence-electron chi connectivity index (χ0n) is 10.9. The van der Waals surface area contributed by atoms with Gasteiger partial charge >= 0.3 is 0 Å². The molecule has 98 valence electrons. The highest BCUT2D eigenvalue weighted by atomic mass is 32.2. The van der Waals surface area contributed by atoms with Crippen LogP contribution in [0.5, 0.6) is 0 Å². The number of rotatable bonds is 1. The lowest BCUT2D eigenvalue weighted by atomic mass is 10.1. The number of H-pyrrole nitrogens is 1. The number of carbonyl (C=O) groups is 1. The molecule has 4 nitrogen and oxygen atoms in total. The molecule has 0 aromatic carbocycles. The van der Waals surface area contributed by atoms with Crippen molar-refractivity contribution < 1.29 is 4.79 Å². The maximum Gasteiger partial charge on any atom is 0.259 e. The average Bonchev–Trinajstić information content (AvgIpc) is 2.32. The Hall–Kier alpha value is -1.23. The third kappa shape index (κ3) is 2.46. The maximum absolute atomic E-state index is 12.4. The minimum atomic E-state index is -0.200. The van der Waals surface area contributed by atoms with Gasteiger partial charge in [0, 0.05) is 41.5 Å². The van der Waals surface area contributed by atoms with E-state index in [4.69, 9.17) is 0 Å². The van der Waals surface area contributed by atoms with Crippen molar-refractivity contribution in [2.45, 2.75) is 32.1 Å². The van der Waals surface area contributed by atoms with Crippen LogP contribution in [0.4, 0.5) is 0 Å². The number of nitrogens with one attached hydrogen (secondary N) is 1. The monoisotopic (exact) mass is 266 g/mol. The summed E-state index contributed by atoms with van der Waals surface area (Å²) in [4.78, 5) is 29.0. The predicted molar refractivity (Wildman–Crippen MR) is 74.2 cm³/mol. The topological polar surface area (TPSA) is 53.2 Å². The highest BCUT2D eigenvalue weighted by molar-refractivity contribution is 8.00. The van der Waals surface area contributed by atoms with Crippen molar-refractivity contribution in [3.63, 3.8) is 0 Å². The molecule has 18 heavy (non-hydrogen) atoms. The minimum absolute atomic E-state index is 0.157. The molecule has 1 aliphatic heterocycles. The Morgan fingerprint density at radius 1 is 1.50 bits per heavy atom. The molecule has 1 N–H and O–H groups in total. The van der Waals surface area contributed by atoms with Gasteiger partial charge in [0.15, 0.2) is 5.43 Å². The van der Waals surface area contributed by atoms with Crippen LogP contribution < -0.4 is 5.43 Å². The second-order valence-corrected chi connectivity index (χ2v) is 6.19. The van der Waals surface area contributed by atoms with Crippen molar-refractivity contribution in [2.24, 2.45) is 0 Å². The van der Waals surface area contributed by atoms with Gasteiger partial charge in [-0.2, -0.15) is 11.8 Å². The molecular weight excluding hydrogens is 248 g/mol. The zero-order chi connectivity index (χ0) is 13.3. The van der Waals surface area contributed by atoms with E-state index in [0.717, 1.165) is 11.4 Å². The smallest absolute Gasteiger partial charge is 0.259 e. The van der Waals surface area contributed by atoms with Crippen molar-refractivity contribution in [3.8, 4) is 0 Å². The average molecular weight is 266 g/mol. The second-order valence-electron chi connectivity index (χ2n) is 4.71. The van der Waals surface area contributed by atoms with E-state index in [0.29, 0.717) is 11.8 Å². The highest BCUT2D eigenvalue weighted by Crippen LogP contribution is 2.25. The fourth-order valence-electron chi connectivity index (χ4n) is 2.11. The molecule has 1 aromatic rings. The van der Waals surface area contributed by atoms with E-state index in [1.807, 2.05) is 18.7 Å². The van der Waals surface area contributed by atoms with Crippen molar-refractivity contribution in [1.29, 1.82) is 0 Å². The van der Waals surface area contributed by atoms with Crippen LogP contribution in [0.3, 0.4) is 0 Å². The first kappa shape index (κ1) is 13.2. The van der Waals surface area contributed by atoms with Gasteiger partial charge in [-0.25, -0.2) is 0 Å². The molecule has 0 bridgehead atoms. The number of carbonyl (C=O) groups excluding carboxylic acids is 1. The Bertz CT molecular complexity index is 512. The summed E-state index contributed by atoms with van der Waals surface area (Å²) >= 11 is 1.87. The molecule has 1 aliphatic rings. The number of thioether (sulfide) groups is 1. The summed E-state index contributed by atoms with van der Waals surface area (Å²) in [6, 6.07) is 1.64. The van der Waals surface area contributed by atoms with Crippen LogP contribution in [0.15, 0.2) is 17.1 Å². The molecule has 1 fully saturated rings. The van der Waals surface area contributed by atoms with E-state index in [-0.39, 0.29) is 22.9 Å². The van der Waals surface area contributed by atoms with Gasteiger partial charge in [0.05, 0.1) is 0 Å². The first-order valence-electron chi connectivity index (χ1n) is 6.12. The summed E-state index contributed by atoms with van der Waals surface area (Å²) in [5.74, 6) is 0.775. The van der Waals surface area contributed by atoms with Gasteiger partial charge in [0.2, 0.25) is 0 Å². The van der Waals surface area contributed by atoms with E-state index in [9.17, 15) is 9.59 Å². The third-order valence-corrected chi connectivity index (χ3v) is 4.77. The number of aryl methyl sites for hydroxylation is 1. The summed E-state index contributed by atoms with van der Waals surface area (Å²) in [5.41, 5.74) is 0.813. The van der Waals surface area contributed by atoms with E-state index in [2.05, 4.69) is 11.9 Å². The molecule has 1 aromatic heterocycles. The fraction of sp³-hybridized carbons (Fsp3) is 0.538. The Balaban J connectivity index is 2.28. The lowest BCUT2D eigenvalue weighted by Crippen LogP contribution is -2.49. The number of hydrogen-bond acceptors (Lipinski definition) is 3. The first-order chi connectivity index (χ1) is 8.50. The van der Waals surface area contributed by atoms with Crippen molar-refractivity contribution >= 4 is 17.7 Å². The minimum Gasteiger partial charge on any atom is -0.364 e. The molecule has 2 unspecified atom stereocenters. The van der Waals surface area contributed by atoms with Crippen molar-refractivity contribution in [3.05, 3.63) is 33.7 Å². The lowest BCUT2D eigenvalue weighted by Gasteiger charge is -2.37. The van der Waals surface area contributed by atoms with Gasteiger partial charge in [0.25, 0.3) is 5.91 Å². The van der Waals surface area contributed by atoms with Crippen LogP contribution in [-0.4, -0.2) is 39.4 Å². The molecule has 5 heteroatoms. The Labute approximate surface area is 111 Å². The van der Waals surface area contributed by atoms with Crippen LogP contribution in [0.2, 0.25) is 0 Å². The van der Waals surface area contributed by atoms with Gasteiger partial charge in [0.1, 0.15) is 5.56 Å². The Kier molecular flexibility index (Phi) is 3.80. The maximum atomic E-state index is 12.4. The molecule has 2 heterocycles. The van der Waals surface area contributed by atoms with Crippen LogP contribution in [-0.2, 0) is 0 Å². The first-order valence-corrected chi connectivity index (χ1v) is 7.17. The molecule has 0 saturated carbocycles. The zero-order valence-corrected chi connectivity index (χ0v) is 11.7. The lowest BCUT2D eigenvalue weighted by molar-refractivity contribution is 0.0696. The van der Waals surface area contributed by atoms with E-state index >= 15 is 0 Å². The summed E-state index contributed by atoms with van der Waals surface area (Å²) in [6.07, 6.45) is 1.53. The summed E-state index contributed by atoms with van der Waals surface area (Å²) < 4.78 is 0.